The fraction of sp³-hybridized carbons (Fsp3) is 0.571. The molecule has 2 unspecified atom stereocenters. The molecule has 0 radical (unpaired) electrons. The minimum Gasteiger partial charge on any atom is -0.393 e. The van der Waals surface area contributed by atoms with Crippen LogP contribution in [0.15, 0.2) is 23.1 Å². The summed E-state index contributed by atoms with van der Waals surface area (Å²) in [6.07, 6.45) is 3.04. The van der Waals surface area contributed by atoms with Gasteiger partial charge in [-0.25, -0.2) is 0 Å². The molecule has 1 aromatic heterocycles. The van der Waals surface area contributed by atoms with E-state index in [-0.39, 0.29) is 17.4 Å². The van der Waals surface area contributed by atoms with Crippen molar-refractivity contribution in [1.82, 2.24) is 9.47 Å². The molecule has 0 spiro atoms. The lowest BCUT2D eigenvalue weighted by Crippen LogP contribution is -2.43. The molecule has 104 valence electrons. The van der Waals surface area contributed by atoms with Crippen molar-refractivity contribution in [2.45, 2.75) is 25.9 Å². The highest BCUT2D eigenvalue weighted by Crippen LogP contribution is 2.21. The van der Waals surface area contributed by atoms with Gasteiger partial charge in [0.1, 0.15) is 0 Å². The zero-order valence-electron chi connectivity index (χ0n) is 11.4. The number of nitrogens with zero attached hydrogens (tertiary/aromatic N) is 2. The number of piperidine rings is 1. The van der Waals surface area contributed by atoms with E-state index in [1.807, 2.05) is 0 Å². The molecule has 0 saturated carbocycles. The van der Waals surface area contributed by atoms with Crippen molar-refractivity contribution in [3.05, 3.63) is 34.2 Å². The number of aliphatic hydroxyl groups excluding tert-OH is 1. The van der Waals surface area contributed by atoms with Gasteiger partial charge in [-0.2, -0.15) is 0 Å². The molecule has 5 nitrogen and oxygen atoms in total. The molecule has 0 aliphatic carbocycles. The molecule has 1 aromatic rings. The van der Waals surface area contributed by atoms with E-state index < -0.39 is 6.10 Å². The minimum absolute atomic E-state index is 0.122. The number of carbonyl (C=O) groups excluding carboxylic acids is 1. The molecule has 1 amide bonds. The van der Waals surface area contributed by atoms with Crippen LogP contribution in [0.5, 0.6) is 0 Å². The van der Waals surface area contributed by atoms with Crippen molar-refractivity contribution >= 4 is 5.91 Å². The van der Waals surface area contributed by atoms with Crippen LogP contribution in [0, 0.1) is 5.92 Å². The number of likely N-dealkylation sites (tertiary alicyclic amines) is 1. The van der Waals surface area contributed by atoms with Crippen molar-refractivity contribution in [1.29, 1.82) is 0 Å². The van der Waals surface area contributed by atoms with Gasteiger partial charge >= 0.3 is 0 Å². The monoisotopic (exact) mass is 264 g/mol. The summed E-state index contributed by atoms with van der Waals surface area (Å²) in [5.74, 6) is 0.00675. The molecule has 2 rings (SSSR count). The average Bonchev–Trinajstić information content (AvgIpc) is 2.41. The van der Waals surface area contributed by atoms with Crippen LogP contribution in [0.2, 0.25) is 0 Å². The van der Waals surface area contributed by atoms with Crippen molar-refractivity contribution < 1.29 is 9.90 Å². The average molecular weight is 264 g/mol. The number of aliphatic hydroxyl groups is 1. The zero-order valence-corrected chi connectivity index (χ0v) is 11.4. The quantitative estimate of drug-likeness (QED) is 0.851. The molecule has 1 aliphatic rings. The lowest BCUT2D eigenvalue weighted by molar-refractivity contribution is 0.0466. The number of hydrogen-bond donors (Lipinski definition) is 1. The Morgan fingerprint density at radius 1 is 1.53 bits per heavy atom. The molecule has 2 atom stereocenters. The summed E-state index contributed by atoms with van der Waals surface area (Å²) in [6, 6.07) is 3.03. The summed E-state index contributed by atoms with van der Waals surface area (Å²) in [6.45, 7) is 3.01. The molecule has 1 fully saturated rings. The van der Waals surface area contributed by atoms with Crippen LogP contribution in [0.4, 0.5) is 0 Å². The summed E-state index contributed by atoms with van der Waals surface area (Å²) in [7, 11) is 1.65. The Morgan fingerprint density at radius 3 is 2.89 bits per heavy atom. The summed E-state index contributed by atoms with van der Waals surface area (Å²) in [5, 5.41) is 9.64. The van der Waals surface area contributed by atoms with E-state index in [4.69, 9.17) is 0 Å². The number of pyridine rings is 1. The molecular weight excluding hydrogens is 244 g/mol. The zero-order chi connectivity index (χ0) is 14.0. The summed E-state index contributed by atoms with van der Waals surface area (Å²) >= 11 is 0. The van der Waals surface area contributed by atoms with E-state index in [2.05, 4.69) is 0 Å². The first-order valence-electron chi connectivity index (χ1n) is 6.63. The number of rotatable bonds is 2. The van der Waals surface area contributed by atoms with Gasteiger partial charge in [0.25, 0.3) is 11.5 Å². The van der Waals surface area contributed by atoms with Gasteiger partial charge in [-0.1, -0.05) is 0 Å². The smallest absolute Gasteiger partial charge is 0.254 e. The Bertz CT molecular complexity index is 522. The van der Waals surface area contributed by atoms with Crippen LogP contribution < -0.4 is 5.56 Å². The van der Waals surface area contributed by atoms with Gasteiger partial charge in [-0.3, -0.25) is 9.59 Å². The second-order valence-electron chi connectivity index (χ2n) is 5.26. The normalized spacial score (nSPS) is 21.2. The molecule has 1 N–H and O–H groups in total. The van der Waals surface area contributed by atoms with E-state index in [1.165, 1.54) is 10.6 Å². The Balaban J connectivity index is 2.14. The molecule has 0 bridgehead atoms. The van der Waals surface area contributed by atoms with E-state index in [1.54, 1.807) is 31.1 Å². The van der Waals surface area contributed by atoms with Crippen molar-refractivity contribution in [2.24, 2.45) is 13.0 Å². The lowest BCUT2D eigenvalue weighted by Gasteiger charge is -2.34. The van der Waals surface area contributed by atoms with E-state index >= 15 is 0 Å². The lowest BCUT2D eigenvalue weighted by atomic mass is 9.93. The largest absolute Gasteiger partial charge is 0.393 e. The van der Waals surface area contributed by atoms with Crippen LogP contribution in [0.3, 0.4) is 0 Å². The van der Waals surface area contributed by atoms with Gasteiger partial charge in [-0.05, 0) is 25.8 Å². The van der Waals surface area contributed by atoms with E-state index in [0.717, 1.165) is 12.8 Å². The maximum atomic E-state index is 12.3. The summed E-state index contributed by atoms with van der Waals surface area (Å²) in [5.41, 5.74) is 0.240. The Hall–Kier alpha value is -1.62. The van der Waals surface area contributed by atoms with Crippen LogP contribution in [0.1, 0.15) is 30.1 Å². The van der Waals surface area contributed by atoms with Crippen LogP contribution in [0.25, 0.3) is 0 Å². The highest BCUT2D eigenvalue weighted by atomic mass is 16.3. The molecule has 5 heteroatoms. The maximum absolute atomic E-state index is 12.3. The minimum atomic E-state index is -0.403. The van der Waals surface area contributed by atoms with Gasteiger partial charge in [0.05, 0.1) is 6.10 Å². The number of carbonyl (C=O) groups is 1. The van der Waals surface area contributed by atoms with Crippen molar-refractivity contribution in [3.8, 4) is 0 Å². The van der Waals surface area contributed by atoms with Crippen LogP contribution in [-0.4, -0.2) is 39.7 Å². The first-order valence-corrected chi connectivity index (χ1v) is 6.63. The SMILES string of the molecule is CC(O)C1CCCN(C(=O)c2ccn(C)c(=O)c2)C1. The standard InChI is InChI=1S/C14H20N2O3/c1-10(17)12-4-3-6-16(9-12)14(19)11-5-7-15(2)13(18)8-11/h5,7-8,10,12,17H,3-4,6,9H2,1-2H3. The topological polar surface area (TPSA) is 62.5 Å². The van der Waals surface area contributed by atoms with Crippen LogP contribution in [-0.2, 0) is 7.05 Å². The fourth-order valence-corrected chi connectivity index (χ4v) is 2.45. The second-order valence-corrected chi connectivity index (χ2v) is 5.26. The number of aryl methyl sites for hydroxylation is 1. The predicted octanol–water partition coefficient (Wildman–Crippen LogP) is 0.618. The molecule has 0 aromatic carbocycles. The van der Waals surface area contributed by atoms with Gasteiger partial charge in [-0.15, -0.1) is 0 Å². The molecule has 19 heavy (non-hydrogen) atoms. The van der Waals surface area contributed by atoms with E-state index in [9.17, 15) is 14.7 Å². The number of amides is 1. The fourth-order valence-electron chi connectivity index (χ4n) is 2.45. The maximum Gasteiger partial charge on any atom is 0.254 e. The second kappa shape index (κ2) is 5.57. The highest BCUT2D eigenvalue weighted by Gasteiger charge is 2.27. The third kappa shape index (κ3) is 3.04. The van der Waals surface area contributed by atoms with Gasteiger partial charge < -0.3 is 14.6 Å². The van der Waals surface area contributed by atoms with Crippen molar-refractivity contribution in [3.63, 3.8) is 0 Å². The first-order chi connectivity index (χ1) is 8.99. The van der Waals surface area contributed by atoms with E-state index in [0.29, 0.717) is 18.7 Å². The van der Waals surface area contributed by atoms with Gasteiger partial charge in [0.2, 0.25) is 0 Å². The highest BCUT2D eigenvalue weighted by molar-refractivity contribution is 5.94. The third-order valence-corrected chi connectivity index (χ3v) is 3.78. The van der Waals surface area contributed by atoms with Crippen LogP contribution >= 0.6 is 0 Å². The summed E-state index contributed by atoms with van der Waals surface area (Å²) in [4.78, 5) is 25.6. The number of aromatic nitrogens is 1. The molecule has 2 heterocycles. The first kappa shape index (κ1) is 13.8. The predicted molar refractivity (Wildman–Crippen MR) is 72.0 cm³/mol. The number of hydrogen-bond acceptors (Lipinski definition) is 3. The third-order valence-electron chi connectivity index (χ3n) is 3.78. The van der Waals surface area contributed by atoms with Gasteiger partial charge in [0, 0.05) is 43.9 Å². The molecular formula is C14H20N2O3. The summed E-state index contributed by atoms with van der Waals surface area (Å²) < 4.78 is 1.44. The molecule has 1 aliphatic heterocycles. The Morgan fingerprint density at radius 2 is 2.26 bits per heavy atom. The Kier molecular flexibility index (Phi) is 4.04. The van der Waals surface area contributed by atoms with Crippen molar-refractivity contribution in [2.75, 3.05) is 13.1 Å². The Labute approximate surface area is 112 Å². The molecule has 1 saturated heterocycles. The van der Waals surface area contributed by atoms with Gasteiger partial charge in [0.15, 0.2) is 0 Å².